The van der Waals surface area contributed by atoms with Gasteiger partial charge < -0.3 is 15.0 Å². The molecule has 1 N–H and O–H groups in total. The standard InChI is InChI=1S/C16H22N2O3/c1-11-5-6-12-13(9-11)21-10-15(20)18(12)8-7-14(19)17-16(2,3)4/h5-6,9H,7-8,10H2,1-4H3,(H,17,19). The molecular formula is C16H22N2O3. The Morgan fingerprint density at radius 1 is 1.38 bits per heavy atom. The zero-order valence-electron chi connectivity index (χ0n) is 13.0. The molecule has 0 aromatic heterocycles. The van der Waals surface area contributed by atoms with Crippen molar-refractivity contribution in [3.05, 3.63) is 23.8 Å². The monoisotopic (exact) mass is 290 g/mol. The Kier molecular flexibility index (Phi) is 4.21. The Bertz CT molecular complexity index is 561. The zero-order chi connectivity index (χ0) is 15.6. The first-order valence-corrected chi connectivity index (χ1v) is 7.11. The number of aryl methyl sites for hydroxylation is 1. The zero-order valence-corrected chi connectivity index (χ0v) is 13.0. The number of nitrogens with zero attached hydrogens (tertiary/aromatic N) is 1. The van der Waals surface area contributed by atoms with E-state index in [1.165, 1.54) is 0 Å². The summed E-state index contributed by atoms with van der Waals surface area (Å²) in [5.41, 5.74) is 1.55. The minimum absolute atomic E-state index is 0.0251. The van der Waals surface area contributed by atoms with Gasteiger partial charge in [0.05, 0.1) is 5.69 Å². The normalized spacial score (nSPS) is 14.5. The summed E-state index contributed by atoms with van der Waals surface area (Å²) < 4.78 is 5.44. The van der Waals surface area contributed by atoms with Gasteiger partial charge in [-0.15, -0.1) is 0 Å². The van der Waals surface area contributed by atoms with Crippen LogP contribution in [0.25, 0.3) is 0 Å². The number of hydrogen-bond donors (Lipinski definition) is 1. The minimum atomic E-state index is -0.263. The van der Waals surface area contributed by atoms with E-state index in [0.29, 0.717) is 12.3 Å². The Morgan fingerprint density at radius 3 is 2.76 bits per heavy atom. The third-order valence-corrected chi connectivity index (χ3v) is 3.14. The molecule has 21 heavy (non-hydrogen) atoms. The summed E-state index contributed by atoms with van der Waals surface area (Å²) in [6.07, 6.45) is 0.274. The van der Waals surface area contributed by atoms with E-state index in [-0.39, 0.29) is 30.4 Å². The SMILES string of the molecule is Cc1ccc2c(c1)OCC(=O)N2CCC(=O)NC(C)(C)C. The van der Waals surface area contributed by atoms with Crippen LogP contribution in [0.2, 0.25) is 0 Å². The Balaban J connectivity index is 2.07. The lowest BCUT2D eigenvalue weighted by Gasteiger charge is -2.30. The van der Waals surface area contributed by atoms with Gasteiger partial charge in [-0.1, -0.05) is 6.07 Å². The Morgan fingerprint density at radius 2 is 2.10 bits per heavy atom. The number of nitrogens with one attached hydrogen (secondary N) is 1. The highest BCUT2D eigenvalue weighted by molar-refractivity contribution is 5.98. The molecule has 0 unspecified atom stereocenters. The van der Waals surface area contributed by atoms with Crippen molar-refractivity contribution in [3.63, 3.8) is 0 Å². The van der Waals surface area contributed by atoms with Crippen LogP contribution in [-0.2, 0) is 9.59 Å². The molecule has 1 aromatic rings. The van der Waals surface area contributed by atoms with Crippen LogP contribution >= 0.6 is 0 Å². The van der Waals surface area contributed by atoms with Crippen molar-refractivity contribution in [2.24, 2.45) is 0 Å². The molecule has 5 heteroatoms. The first kappa shape index (κ1) is 15.4. The molecule has 0 bridgehead atoms. The average molecular weight is 290 g/mol. The second-order valence-electron chi connectivity index (χ2n) is 6.35. The first-order chi connectivity index (χ1) is 9.76. The molecule has 1 aliphatic rings. The molecule has 0 atom stereocenters. The van der Waals surface area contributed by atoms with Gasteiger partial charge in [0.2, 0.25) is 5.91 Å². The van der Waals surface area contributed by atoms with Crippen molar-refractivity contribution in [2.45, 2.75) is 39.7 Å². The van der Waals surface area contributed by atoms with Gasteiger partial charge in [-0.25, -0.2) is 0 Å². The van der Waals surface area contributed by atoms with Crippen molar-refractivity contribution >= 4 is 17.5 Å². The van der Waals surface area contributed by atoms with Gasteiger partial charge in [0.25, 0.3) is 5.91 Å². The molecule has 2 rings (SSSR count). The van der Waals surface area contributed by atoms with Crippen molar-refractivity contribution < 1.29 is 14.3 Å². The number of carbonyl (C=O) groups excluding carboxylic acids is 2. The van der Waals surface area contributed by atoms with E-state index in [1.54, 1.807) is 4.90 Å². The summed E-state index contributed by atoms with van der Waals surface area (Å²) >= 11 is 0. The molecule has 0 aliphatic carbocycles. The van der Waals surface area contributed by atoms with Gasteiger partial charge in [-0.3, -0.25) is 9.59 Å². The van der Waals surface area contributed by atoms with Crippen LogP contribution in [0.3, 0.4) is 0 Å². The number of fused-ring (bicyclic) bond motifs is 1. The summed E-state index contributed by atoms with van der Waals surface area (Å²) in [6, 6.07) is 5.70. The highest BCUT2D eigenvalue weighted by atomic mass is 16.5. The fourth-order valence-electron chi connectivity index (χ4n) is 2.25. The third-order valence-electron chi connectivity index (χ3n) is 3.14. The van der Waals surface area contributed by atoms with E-state index in [0.717, 1.165) is 11.3 Å². The van der Waals surface area contributed by atoms with E-state index in [2.05, 4.69) is 5.32 Å². The van der Waals surface area contributed by atoms with Crippen LogP contribution in [0.1, 0.15) is 32.8 Å². The summed E-state index contributed by atoms with van der Waals surface area (Å²) in [5, 5.41) is 2.90. The second-order valence-corrected chi connectivity index (χ2v) is 6.35. The molecule has 0 saturated heterocycles. The van der Waals surface area contributed by atoms with Crippen molar-refractivity contribution in [2.75, 3.05) is 18.1 Å². The number of benzene rings is 1. The van der Waals surface area contributed by atoms with E-state index in [9.17, 15) is 9.59 Å². The molecule has 1 aliphatic heterocycles. The number of anilines is 1. The molecule has 5 nitrogen and oxygen atoms in total. The smallest absolute Gasteiger partial charge is 0.265 e. The van der Waals surface area contributed by atoms with Gasteiger partial charge in [-0.2, -0.15) is 0 Å². The topological polar surface area (TPSA) is 58.6 Å². The quantitative estimate of drug-likeness (QED) is 0.926. The largest absolute Gasteiger partial charge is 0.482 e. The molecular weight excluding hydrogens is 268 g/mol. The molecule has 2 amide bonds. The molecule has 0 spiro atoms. The van der Waals surface area contributed by atoms with E-state index < -0.39 is 0 Å². The maximum Gasteiger partial charge on any atom is 0.265 e. The third kappa shape index (κ3) is 3.97. The summed E-state index contributed by atoms with van der Waals surface area (Å²) in [4.78, 5) is 25.5. The van der Waals surface area contributed by atoms with Crippen LogP contribution in [-0.4, -0.2) is 30.5 Å². The Hall–Kier alpha value is -2.04. The van der Waals surface area contributed by atoms with Crippen LogP contribution in [0.5, 0.6) is 5.75 Å². The van der Waals surface area contributed by atoms with Gasteiger partial charge in [0.1, 0.15) is 5.75 Å². The van der Waals surface area contributed by atoms with Gasteiger partial charge >= 0.3 is 0 Å². The molecule has 1 heterocycles. The number of amides is 2. The minimum Gasteiger partial charge on any atom is -0.482 e. The molecule has 114 valence electrons. The Labute approximate surface area is 125 Å². The second kappa shape index (κ2) is 5.76. The summed E-state index contributed by atoms with van der Waals surface area (Å²) in [6.45, 7) is 8.16. The molecule has 0 saturated carbocycles. The van der Waals surface area contributed by atoms with Crippen LogP contribution < -0.4 is 15.0 Å². The summed E-state index contributed by atoms with van der Waals surface area (Å²) in [5.74, 6) is 0.524. The van der Waals surface area contributed by atoms with Gasteiger partial charge in [-0.05, 0) is 45.4 Å². The lowest BCUT2D eigenvalue weighted by molar-refractivity contribution is -0.122. The van der Waals surface area contributed by atoms with Crippen molar-refractivity contribution in [3.8, 4) is 5.75 Å². The van der Waals surface area contributed by atoms with Crippen LogP contribution in [0.15, 0.2) is 18.2 Å². The van der Waals surface area contributed by atoms with E-state index in [4.69, 9.17) is 4.74 Å². The van der Waals surface area contributed by atoms with Crippen LogP contribution in [0, 0.1) is 6.92 Å². The summed E-state index contributed by atoms with van der Waals surface area (Å²) in [7, 11) is 0. The maximum atomic E-state index is 12.0. The number of rotatable bonds is 3. The van der Waals surface area contributed by atoms with E-state index in [1.807, 2.05) is 45.9 Å². The first-order valence-electron chi connectivity index (χ1n) is 7.11. The van der Waals surface area contributed by atoms with Gasteiger partial charge in [0.15, 0.2) is 6.61 Å². The number of hydrogen-bond acceptors (Lipinski definition) is 3. The number of carbonyl (C=O) groups is 2. The fourth-order valence-corrected chi connectivity index (χ4v) is 2.25. The van der Waals surface area contributed by atoms with E-state index >= 15 is 0 Å². The molecule has 1 aromatic carbocycles. The molecule has 0 radical (unpaired) electrons. The average Bonchev–Trinajstić information content (AvgIpc) is 2.35. The van der Waals surface area contributed by atoms with Crippen molar-refractivity contribution in [1.29, 1.82) is 0 Å². The lowest BCUT2D eigenvalue weighted by atomic mass is 10.1. The highest BCUT2D eigenvalue weighted by Gasteiger charge is 2.26. The van der Waals surface area contributed by atoms with Crippen LogP contribution in [0.4, 0.5) is 5.69 Å². The lowest BCUT2D eigenvalue weighted by Crippen LogP contribution is -2.44. The predicted molar refractivity (Wildman–Crippen MR) is 81.5 cm³/mol. The number of ether oxygens (including phenoxy) is 1. The highest BCUT2D eigenvalue weighted by Crippen LogP contribution is 2.32. The van der Waals surface area contributed by atoms with Gasteiger partial charge in [0, 0.05) is 18.5 Å². The fraction of sp³-hybridized carbons (Fsp3) is 0.500. The molecule has 0 fully saturated rings. The maximum absolute atomic E-state index is 12.0. The van der Waals surface area contributed by atoms with Crippen molar-refractivity contribution in [1.82, 2.24) is 5.32 Å². The predicted octanol–water partition coefficient (Wildman–Crippen LogP) is 2.03.